The molecule has 2 aromatic carbocycles. The van der Waals surface area contributed by atoms with Gasteiger partial charge in [0.15, 0.2) is 0 Å². The third-order valence-electron chi connectivity index (χ3n) is 3.05. The lowest BCUT2D eigenvalue weighted by Crippen LogP contribution is -2.13. The molecule has 0 saturated heterocycles. The highest BCUT2D eigenvalue weighted by Gasteiger charge is 2.14. The molecule has 0 saturated carbocycles. The molecule has 0 aliphatic carbocycles. The molecule has 2 rings (SSSR count). The maximum absolute atomic E-state index is 13.7. The number of aryl methyl sites for hydroxylation is 1. The van der Waals surface area contributed by atoms with E-state index >= 15 is 0 Å². The molecule has 0 fully saturated rings. The number of nitrogens with one attached hydrogen (secondary N) is 1. The normalized spacial score (nSPS) is 12.3. The second kappa shape index (κ2) is 6.60. The monoisotopic (exact) mass is 331 g/mol. The van der Waals surface area contributed by atoms with Crippen LogP contribution in [0.25, 0.3) is 0 Å². The van der Waals surface area contributed by atoms with Gasteiger partial charge in [-0.15, -0.1) is 0 Å². The Morgan fingerprint density at radius 3 is 2.57 bits per heavy atom. The number of aliphatic hydroxyl groups excluding tert-OH is 1. The number of hydrogen-bond donors (Lipinski definition) is 2. The number of rotatable bonds is 4. The van der Waals surface area contributed by atoms with E-state index in [1.165, 1.54) is 13.0 Å². The van der Waals surface area contributed by atoms with E-state index in [0.29, 0.717) is 15.6 Å². The summed E-state index contributed by atoms with van der Waals surface area (Å²) in [5, 5.41) is 13.5. The molecule has 0 bridgehead atoms. The van der Waals surface area contributed by atoms with Crippen LogP contribution < -0.4 is 5.32 Å². The second-order valence-electron chi connectivity index (χ2n) is 4.64. The molecule has 2 N–H and O–H groups in total. The lowest BCUT2D eigenvalue weighted by molar-refractivity contribution is 0.191. The largest absolute Gasteiger partial charge is 0.387 e. The molecule has 0 heterocycles. The molecule has 1 atom stereocenters. The summed E-state index contributed by atoms with van der Waals surface area (Å²) in [5.74, 6) is -1.10. The van der Waals surface area contributed by atoms with E-state index in [4.69, 9.17) is 23.2 Å². The summed E-state index contributed by atoms with van der Waals surface area (Å²) >= 11 is 11.8. The highest BCUT2D eigenvalue weighted by atomic mass is 35.5. The molecule has 0 aromatic heterocycles. The average molecular weight is 332 g/mol. The number of anilines is 1. The number of halogens is 4. The first-order valence-electron chi connectivity index (χ1n) is 6.21. The van der Waals surface area contributed by atoms with Crippen LogP contribution in [0.5, 0.6) is 0 Å². The molecular weight excluding hydrogens is 319 g/mol. The van der Waals surface area contributed by atoms with Crippen molar-refractivity contribution in [3.63, 3.8) is 0 Å². The molecule has 0 amide bonds. The van der Waals surface area contributed by atoms with Gasteiger partial charge in [0.25, 0.3) is 0 Å². The topological polar surface area (TPSA) is 32.3 Å². The molecular formula is C15H13Cl2F2NO. The Kier molecular flexibility index (Phi) is 5.04. The highest BCUT2D eigenvalue weighted by molar-refractivity contribution is 6.33. The van der Waals surface area contributed by atoms with Crippen LogP contribution in [0, 0.1) is 18.6 Å². The minimum atomic E-state index is -1.00. The van der Waals surface area contributed by atoms with Crippen LogP contribution in [-0.2, 0) is 0 Å². The van der Waals surface area contributed by atoms with Crippen molar-refractivity contribution in [2.24, 2.45) is 0 Å². The van der Waals surface area contributed by atoms with Gasteiger partial charge < -0.3 is 10.4 Å². The Labute approximate surface area is 131 Å². The summed E-state index contributed by atoms with van der Waals surface area (Å²) in [7, 11) is 0. The van der Waals surface area contributed by atoms with Gasteiger partial charge in [-0.05, 0) is 36.8 Å². The first-order chi connectivity index (χ1) is 9.88. The fraction of sp³-hybridized carbons (Fsp3) is 0.200. The van der Waals surface area contributed by atoms with Crippen LogP contribution in [0.4, 0.5) is 14.5 Å². The SMILES string of the molecule is Cc1cc(F)c(NCC(O)c2cc(Cl)ccc2Cl)cc1F. The van der Waals surface area contributed by atoms with E-state index in [1.54, 1.807) is 12.1 Å². The molecule has 6 heteroatoms. The lowest BCUT2D eigenvalue weighted by Gasteiger charge is -2.15. The van der Waals surface area contributed by atoms with Crippen LogP contribution in [0.2, 0.25) is 10.0 Å². The standard InChI is InChI=1S/C15H13Cl2F2NO/c1-8-4-13(19)14(6-12(8)18)20-7-15(21)10-5-9(16)2-3-11(10)17/h2-6,15,20-21H,7H2,1H3. The summed E-state index contributed by atoms with van der Waals surface area (Å²) in [6.07, 6.45) is -1.00. The van der Waals surface area contributed by atoms with Gasteiger partial charge in [-0.3, -0.25) is 0 Å². The molecule has 2 aromatic rings. The van der Waals surface area contributed by atoms with Gasteiger partial charge in [0, 0.05) is 28.2 Å². The zero-order chi connectivity index (χ0) is 15.6. The summed E-state index contributed by atoms with van der Waals surface area (Å²) in [6, 6.07) is 6.84. The summed E-state index contributed by atoms with van der Waals surface area (Å²) in [5.41, 5.74) is 0.622. The number of benzene rings is 2. The van der Waals surface area contributed by atoms with Gasteiger partial charge in [0.05, 0.1) is 11.8 Å². The van der Waals surface area contributed by atoms with E-state index in [2.05, 4.69) is 5.32 Å². The Morgan fingerprint density at radius 1 is 1.14 bits per heavy atom. The maximum Gasteiger partial charge on any atom is 0.146 e. The minimum Gasteiger partial charge on any atom is -0.387 e. The number of hydrogen-bond acceptors (Lipinski definition) is 2. The summed E-state index contributed by atoms with van der Waals surface area (Å²) < 4.78 is 27.1. The van der Waals surface area contributed by atoms with Crippen molar-refractivity contribution in [3.8, 4) is 0 Å². The minimum absolute atomic E-state index is 0.0182. The Hall–Kier alpha value is -1.36. The fourth-order valence-corrected chi connectivity index (χ4v) is 2.29. The van der Waals surface area contributed by atoms with Crippen molar-refractivity contribution < 1.29 is 13.9 Å². The summed E-state index contributed by atoms with van der Waals surface area (Å²) in [4.78, 5) is 0. The Bertz CT molecular complexity index is 664. The predicted molar refractivity (Wildman–Crippen MR) is 81.0 cm³/mol. The molecule has 0 spiro atoms. The van der Waals surface area contributed by atoms with Gasteiger partial charge >= 0.3 is 0 Å². The average Bonchev–Trinajstić information content (AvgIpc) is 2.43. The quantitative estimate of drug-likeness (QED) is 0.849. The van der Waals surface area contributed by atoms with Crippen molar-refractivity contribution in [1.29, 1.82) is 0 Å². The maximum atomic E-state index is 13.7. The van der Waals surface area contributed by atoms with Crippen LogP contribution in [0.3, 0.4) is 0 Å². The molecule has 0 aliphatic rings. The smallest absolute Gasteiger partial charge is 0.146 e. The zero-order valence-electron chi connectivity index (χ0n) is 11.1. The van der Waals surface area contributed by atoms with Crippen LogP contribution in [-0.4, -0.2) is 11.7 Å². The molecule has 1 unspecified atom stereocenters. The Morgan fingerprint density at radius 2 is 1.86 bits per heavy atom. The van der Waals surface area contributed by atoms with Gasteiger partial charge in [-0.1, -0.05) is 23.2 Å². The first-order valence-corrected chi connectivity index (χ1v) is 6.96. The molecule has 2 nitrogen and oxygen atoms in total. The molecule has 21 heavy (non-hydrogen) atoms. The van der Waals surface area contributed by atoms with Crippen molar-refractivity contribution in [1.82, 2.24) is 0 Å². The van der Waals surface area contributed by atoms with E-state index < -0.39 is 17.7 Å². The van der Waals surface area contributed by atoms with Crippen molar-refractivity contribution in [3.05, 3.63) is 63.1 Å². The molecule has 0 radical (unpaired) electrons. The second-order valence-corrected chi connectivity index (χ2v) is 5.49. The predicted octanol–water partition coefficient (Wildman–Crippen LogP) is 4.73. The number of aliphatic hydroxyl groups is 1. The van der Waals surface area contributed by atoms with Crippen molar-refractivity contribution in [2.75, 3.05) is 11.9 Å². The van der Waals surface area contributed by atoms with E-state index in [-0.39, 0.29) is 17.8 Å². The molecule has 0 aliphatic heterocycles. The molecule has 112 valence electrons. The van der Waals surface area contributed by atoms with Gasteiger partial charge in [-0.2, -0.15) is 0 Å². The zero-order valence-corrected chi connectivity index (χ0v) is 12.6. The van der Waals surface area contributed by atoms with E-state index in [0.717, 1.165) is 12.1 Å². The summed E-state index contributed by atoms with van der Waals surface area (Å²) in [6.45, 7) is 1.45. The van der Waals surface area contributed by atoms with Gasteiger partial charge in [-0.25, -0.2) is 8.78 Å². The van der Waals surface area contributed by atoms with E-state index in [1.807, 2.05) is 0 Å². The van der Waals surface area contributed by atoms with Crippen LogP contribution >= 0.6 is 23.2 Å². The fourth-order valence-electron chi connectivity index (χ4n) is 1.87. The van der Waals surface area contributed by atoms with E-state index in [9.17, 15) is 13.9 Å². The third-order valence-corrected chi connectivity index (χ3v) is 3.63. The third kappa shape index (κ3) is 3.84. The van der Waals surface area contributed by atoms with Gasteiger partial charge in [0.2, 0.25) is 0 Å². The lowest BCUT2D eigenvalue weighted by atomic mass is 10.1. The van der Waals surface area contributed by atoms with Crippen molar-refractivity contribution in [2.45, 2.75) is 13.0 Å². The van der Waals surface area contributed by atoms with Crippen molar-refractivity contribution >= 4 is 28.9 Å². The Balaban J connectivity index is 2.12. The van der Waals surface area contributed by atoms with Gasteiger partial charge in [0.1, 0.15) is 11.6 Å². The van der Waals surface area contributed by atoms with Crippen LogP contribution in [0.15, 0.2) is 30.3 Å². The highest BCUT2D eigenvalue weighted by Crippen LogP contribution is 2.27. The first kappa shape index (κ1) is 16.0. The van der Waals surface area contributed by atoms with Crippen LogP contribution in [0.1, 0.15) is 17.2 Å².